The van der Waals surface area contributed by atoms with Gasteiger partial charge in [-0.25, -0.2) is 4.79 Å². The van der Waals surface area contributed by atoms with Crippen molar-refractivity contribution >= 4 is 17.5 Å². The number of hydrogen-bond donors (Lipinski definition) is 3. The zero-order valence-electron chi connectivity index (χ0n) is 28.3. The van der Waals surface area contributed by atoms with Crippen LogP contribution in [0.15, 0.2) is 42.5 Å². The van der Waals surface area contributed by atoms with Gasteiger partial charge in [-0.3, -0.25) is 4.79 Å². The monoisotopic (exact) mass is 616 g/mol. The summed E-state index contributed by atoms with van der Waals surface area (Å²) in [5.74, 6) is 0.438. The second-order valence-corrected chi connectivity index (χ2v) is 17.1. The Morgan fingerprint density at radius 1 is 0.844 bits per heavy atom. The fourth-order valence-corrected chi connectivity index (χ4v) is 13.0. The first-order valence-electron chi connectivity index (χ1n) is 17.7. The molecule has 0 aromatic heterocycles. The summed E-state index contributed by atoms with van der Waals surface area (Å²) in [6.07, 6.45) is 14.2. The molecule has 0 aliphatic heterocycles. The van der Waals surface area contributed by atoms with E-state index in [1.165, 1.54) is 17.6 Å². The van der Waals surface area contributed by atoms with Crippen LogP contribution in [0.25, 0.3) is 5.57 Å². The molecule has 5 aliphatic rings. The van der Waals surface area contributed by atoms with Crippen LogP contribution in [0.1, 0.15) is 128 Å². The van der Waals surface area contributed by atoms with Gasteiger partial charge in [0.1, 0.15) is 0 Å². The Morgan fingerprint density at radius 2 is 1.56 bits per heavy atom. The second kappa shape index (κ2) is 11.1. The molecular weight excluding hydrogens is 560 g/mol. The van der Waals surface area contributed by atoms with Crippen molar-refractivity contribution in [1.29, 1.82) is 0 Å². The smallest absolute Gasteiger partial charge is 0.335 e. The van der Waals surface area contributed by atoms with E-state index in [0.29, 0.717) is 23.3 Å². The summed E-state index contributed by atoms with van der Waals surface area (Å²) in [5.41, 5.74) is 3.76. The lowest BCUT2D eigenvalue weighted by atomic mass is 9.32. The molecule has 5 heteroatoms. The van der Waals surface area contributed by atoms with E-state index in [9.17, 15) is 24.9 Å². The Hall–Kier alpha value is -2.40. The van der Waals surface area contributed by atoms with Crippen LogP contribution in [-0.4, -0.2) is 33.9 Å². The fraction of sp³-hybridized carbons (Fsp3) is 0.700. The lowest BCUT2D eigenvalue weighted by Gasteiger charge is -2.72. The van der Waals surface area contributed by atoms with Gasteiger partial charge >= 0.3 is 11.9 Å². The Balaban J connectivity index is 1.34. The van der Waals surface area contributed by atoms with E-state index in [2.05, 4.69) is 47.3 Å². The van der Waals surface area contributed by atoms with Crippen molar-refractivity contribution in [1.82, 2.24) is 0 Å². The number of allylic oxidation sites excluding steroid dienone is 3. The maximum Gasteiger partial charge on any atom is 0.335 e. The number of aliphatic hydroxyl groups excluding tert-OH is 1. The normalized spacial score (nSPS) is 41.6. The lowest BCUT2D eigenvalue weighted by molar-refractivity contribution is -0.228. The Kier molecular flexibility index (Phi) is 8.03. The highest BCUT2D eigenvalue weighted by molar-refractivity contribution is 5.88. The average molecular weight is 617 g/mol. The highest BCUT2D eigenvalue weighted by Gasteiger charge is 2.71. The van der Waals surface area contributed by atoms with Gasteiger partial charge in [0.05, 0.1) is 11.0 Å². The van der Waals surface area contributed by atoms with E-state index in [1.807, 2.05) is 12.1 Å². The van der Waals surface area contributed by atoms with Gasteiger partial charge in [-0.15, -0.1) is 0 Å². The molecule has 4 fully saturated rings. The molecule has 0 unspecified atom stereocenters. The van der Waals surface area contributed by atoms with E-state index in [0.717, 1.165) is 76.2 Å². The molecule has 45 heavy (non-hydrogen) atoms. The highest BCUT2D eigenvalue weighted by atomic mass is 16.4. The van der Waals surface area contributed by atoms with Crippen molar-refractivity contribution in [2.45, 2.75) is 112 Å². The molecule has 0 amide bonds. The number of aromatic carboxylic acids is 1. The molecule has 6 rings (SSSR count). The topological polar surface area (TPSA) is 94.8 Å². The van der Waals surface area contributed by atoms with E-state index in [1.54, 1.807) is 12.1 Å². The molecule has 1 aromatic carbocycles. The summed E-state index contributed by atoms with van der Waals surface area (Å²) < 4.78 is 0. The van der Waals surface area contributed by atoms with Gasteiger partial charge in [-0.1, -0.05) is 65.0 Å². The highest BCUT2D eigenvalue weighted by Crippen LogP contribution is 2.77. The maximum absolute atomic E-state index is 13.1. The van der Waals surface area contributed by atoms with Crippen molar-refractivity contribution in [3.8, 4) is 0 Å². The van der Waals surface area contributed by atoms with Gasteiger partial charge in [0.25, 0.3) is 0 Å². The molecule has 0 radical (unpaired) electrons. The van der Waals surface area contributed by atoms with Gasteiger partial charge < -0.3 is 15.3 Å². The first kappa shape index (κ1) is 32.5. The molecule has 5 aliphatic carbocycles. The molecule has 9 atom stereocenters. The van der Waals surface area contributed by atoms with Crippen LogP contribution in [0.3, 0.4) is 0 Å². The molecule has 4 saturated carbocycles. The van der Waals surface area contributed by atoms with Crippen LogP contribution in [0.5, 0.6) is 0 Å². The second-order valence-electron chi connectivity index (χ2n) is 17.1. The standard InChI is InChI=1S/C40H56O5/c1-25(9-7-8-24-41)28-16-21-40(35(44)45)23-22-38(5)30(33(28)40)14-15-32-37(4)19-17-29(26-10-12-27(13-11-26)34(42)43)36(2,3)31(37)18-20-39(32,38)6/h10-13,17,28,30-33,41H,1,7-9,14-16,18-24H2,2-6H3,(H,42,43)(H,44,45)/t28-,30+,31-,32+,33+,37-,38+,39+,40-/m0/s1. The van der Waals surface area contributed by atoms with Crippen LogP contribution in [0, 0.1) is 56.7 Å². The van der Waals surface area contributed by atoms with Gasteiger partial charge in [-0.05, 0) is 152 Å². The summed E-state index contributed by atoms with van der Waals surface area (Å²) in [5, 5.41) is 29.6. The predicted octanol–water partition coefficient (Wildman–Crippen LogP) is 9.26. The number of benzene rings is 1. The summed E-state index contributed by atoms with van der Waals surface area (Å²) in [6.45, 7) is 17.3. The largest absolute Gasteiger partial charge is 0.481 e. The van der Waals surface area contributed by atoms with Gasteiger partial charge in [0, 0.05) is 6.61 Å². The number of unbranched alkanes of at least 4 members (excludes halogenated alkanes) is 1. The molecule has 0 saturated heterocycles. The van der Waals surface area contributed by atoms with Crippen LogP contribution < -0.4 is 0 Å². The number of fused-ring (bicyclic) bond motifs is 7. The number of carbonyl (C=O) groups is 2. The fourth-order valence-electron chi connectivity index (χ4n) is 13.0. The molecule has 0 heterocycles. The summed E-state index contributed by atoms with van der Waals surface area (Å²) in [6, 6.07) is 7.46. The molecule has 0 bridgehead atoms. The van der Waals surface area contributed by atoms with E-state index >= 15 is 0 Å². The van der Waals surface area contributed by atoms with Crippen molar-refractivity contribution in [2.24, 2.45) is 56.7 Å². The van der Waals surface area contributed by atoms with Gasteiger partial charge in [-0.2, -0.15) is 0 Å². The number of carboxylic acid groups (broad SMARTS) is 2. The molecular formula is C40H56O5. The Morgan fingerprint density at radius 3 is 2.20 bits per heavy atom. The quantitative estimate of drug-likeness (QED) is 0.200. The van der Waals surface area contributed by atoms with E-state index in [-0.39, 0.29) is 40.1 Å². The molecule has 0 spiro atoms. The number of rotatable bonds is 8. The lowest BCUT2D eigenvalue weighted by Crippen LogP contribution is -2.65. The van der Waals surface area contributed by atoms with Crippen LogP contribution in [0.4, 0.5) is 0 Å². The SMILES string of the molecule is C=C(CCCCO)[C@@H]1CC[C@]2(C(=O)O)CC[C@]3(C)[C@H](CC[C@@H]4[C@@]5(C)CC=C(c6ccc(C(=O)O)cc6)C(C)(C)[C@@H]5CC[C@]43C)[C@@H]12. The summed E-state index contributed by atoms with van der Waals surface area (Å²) in [7, 11) is 0. The third-order valence-electron chi connectivity index (χ3n) is 15.3. The summed E-state index contributed by atoms with van der Waals surface area (Å²) >= 11 is 0. The minimum atomic E-state index is -0.889. The maximum atomic E-state index is 13.1. The third kappa shape index (κ3) is 4.56. The Bertz CT molecular complexity index is 1390. The van der Waals surface area contributed by atoms with E-state index in [4.69, 9.17) is 0 Å². The Labute approximate surface area is 270 Å². The van der Waals surface area contributed by atoms with Crippen molar-refractivity contribution in [3.05, 3.63) is 53.6 Å². The minimum absolute atomic E-state index is 0.0370. The first-order chi connectivity index (χ1) is 21.2. The van der Waals surface area contributed by atoms with Gasteiger partial charge in [0.2, 0.25) is 0 Å². The number of hydrogen-bond acceptors (Lipinski definition) is 3. The van der Waals surface area contributed by atoms with E-state index < -0.39 is 17.4 Å². The predicted molar refractivity (Wildman–Crippen MR) is 179 cm³/mol. The number of aliphatic hydroxyl groups is 1. The molecule has 5 nitrogen and oxygen atoms in total. The third-order valence-corrected chi connectivity index (χ3v) is 15.3. The number of carboxylic acids is 2. The van der Waals surface area contributed by atoms with Crippen LogP contribution >= 0.6 is 0 Å². The molecule has 1 aromatic rings. The zero-order chi connectivity index (χ0) is 32.6. The minimum Gasteiger partial charge on any atom is -0.481 e. The first-order valence-corrected chi connectivity index (χ1v) is 17.7. The zero-order valence-corrected chi connectivity index (χ0v) is 28.3. The van der Waals surface area contributed by atoms with Crippen LogP contribution in [-0.2, 0) is 4.79 Å². The molecule has 246 valence electrons. The van der Waals surface area contributed by atoms with Crippen molar-refractivity contribution in [2.75, 3.05) is 6.61 Å². The summed E-state index contributed by atoms with van der Waals surface area (Å²) in [4.78, 5) is 24.6. The van der Waals surface area contributed by atoms with Gasteiger partial charge in [0.15, 0.2) is 0 Å². The molecule has 3 N–H and O–H groups in total. The van der Waals surface area contributed by atoms with Crippen molar-refractivity contribution in [3.63, 3.8) is 0 Å². The number of aliphatic carboxylic acids is 1. The average Bonchev–Trinajstić information content (AvgIpc) is 3.39. The van der Waals surface area contributed by atoms with Crippen molar-refractivity contribution < 1.29 is 24.9 Å². The van der Waals surface area contributed by atoms with Crippen LogP contribution in [0.2, 0.25) is 0 Å².